The molecule has 1 amide bonds. The molecule has 0 unspecified atom stereocenters. The number of aromatic carboxylic acids is 1. The van der Waals surface area contributed by atoms with Crippen LogP contribution in [-0.2, 0) is 9.59 Å². The molecular weight excluding hydrogens is 350 g/mol. The van der Waals surface area contributed by atoms with Crippen molar-refractivity contribution in [1.29, 1.82) is 0 Å². The Bertz CT molecular complexity index is 789. The maximum Gasteiger partial charge on any atom is 0.339 e. The molecule has 5 radical (unpaired) electrons. The summed E-state index contributed by atoms with van der Waals surface area (Å²) in [5.41, 5.74) is -1.44. The monoisotopic (exact) mass is 370 g/mol. The van der Waals surface area contributed by atoms with Gasteiger partial charge in [0, 0.05) is 11.8 Å². The van der Waals surface area contributed by atoms with E-state index in [0.717, 1.165) is 24.5 Å². The van der Waals surface area contributed by atoms with E-state index in [1.807, 2.05) is 19.8 Å². The second-order valence-electron chi connectivity index (χ2n) is 7.06. The van der Waals surface area contributed by atoms with Crippen molar-refractivity contribution >= 4 is 23.3 Å². The number of carbonyl (C=O) groups excluding carboxylic acids is 2. The first-order valence-electron chi connectivity index (χ1n) is 8.60. The number of aromatic hydroxyl groups is 2. The second kappa shape index (κ2) is 7.21. The molecule has 0 saturated heterocycles. The van der Waals surface area contributed by atoms with Gasteiger partial charge in [-0.15, -0.1) is 0 Å². The molecule has 1 atom stereocenters. The van der Waals surface area contributed by atoms with Crippen molar-refractivity contribution in [2.45, 2.75) is 32.6 Å². The SMILES string of the molecule is C[C@]1(CCC(=O)Nc2c(O)ccc(C(=O)O)c2O)CC[C]2[CH][CH][CH][C]2C1=O. The fourth-order valence-corrected chi connectivity index (χ4v) is 3.45. The van der Waals surface area contributed by atoms with Crippen LogP contribution in [0.1, 0.15) is 43.0 Å². The minimum Gasteiger partial charge on any atom is -0.506 e. The molecule has 0 aromatic heterocycles. The highest BCUT2D eigenvalue weighted by Crippen LogP contribution is 2.50. The largest absolute Gasteiger partial charge is 0.506 e. The number of Topliss-reactive ketones (excluding diaryl/α,β-unsaturated/α-hetero) is 1. The number of hydrogen-bond donors (Lipinski definition) is 4. The van der Waals surface area contributed by atoms with E-state index >= 15 is 0 Å². The smallest absolute Gasteiger partial charge is 0.339 e. The molecular formula is C20H20NO6. The van der Waals surface area contributed by atoms with Gasteiger partial charge in [0.2, 0.25) is 5.91 Å². The topological polar surface area (TPSA) is 124 Å². The Labute approximate surface area is 157 Å². The number of carbonyl (C=O) groups is 3. The van der Waals surface area contributed by atoms with Gasteiger partial charge in [0.25, 0.3) is 0 Å². The van der Waals surface area contributed by atoms with E-state index in [-0.39, 0.29) is 17.9 Å². The minimum absolute atomic E-state index is 0.00550. The molecule has 2 aliphatic rings. The van der Waals surface area contributed by atoms with Gasteiger partial charge in [0.1, 0.15) is 22.8 Å². The number of benzene rings is 1. The van der Waals surface area contributed by atoms with E-state index in [2.05, 4.69) is 5.32 Å². The van der Waals surface area contributed by atoms with E-state index in [4.69, 9.17) is 5.11 Å². The number of ketones is 1. The average Bonchev–Trinajstić information content (AvgIpc) is 3.09. The van der Waals surface area contributed by atoms with E-state index in [1.54, 1.807) is 6.42 Å². The summed E-state index contributed by atoms with van der Waals surface area (Å²) in [5, 5.41) is 31.2. The van der Waals surface area contributed by atoms with Crippen molar-refractivity contribution in [3.8, 4) is 11.5 Å². The van der Waals surface area contributed by atoms with Gasteiger partial charge in [0.15, 0.2) is 5.75 Å². The summed E-state index contributed by atoms with van der Waals surface area (Å²) in [6.07, 6.45) is 7.29. The van der Waals surface area contributed by atoms with Crippen LogP contribution in [0.25, 0.3) is 0 Å². The van der Waals surface area contributed by atoms with Crippen molar-refractivity contribution in [2.24, 2.45) is 5.41 Å². The molecule has 141 valence electrons. The zero-order valence-electron chi connectivity index (χ0n) is 14.8. The number of fused-ring (bicyclic) bond motifs is 1. The molecule has 2 fully saturated rings. The first-order chi connectivity index (χ1) is 12.7. The third kappa shape index (κ3) is 3.63. The van der Waals surface area contributed by atoms with Gasteiger partial charge in [-0.25, -0.2) is 4.79 Å². The quantitative estimate of drug-likeness (QED) is 0.591. The minimum atomic E-state index is -1.38. The molecule has 2 saturated carbocycles. The number of carboxylic acids is 1. The number of amides is 1. The summed E-state index contributed by atoms with van der Waals surface area (Å²) in [4.78, 5) is 36.1. The van der Waals surface area contributed by atoms with Crippen LogP contribution in [-0.4, -0.2) is 33.0 Å². The highest BCUT2D eigenvalue weighted by atomic mass is 16.4. The molecule has 27 heavy (non-hydrogen) atoms. The van der Waals surface area contributed by atoms with Crippen molar-refractivity contribution in [2.75, 3.05) is 5.32 Å². The van der Waals surface area contributed by atoms with Crippen molar-refractivity contribution in [3.63, 3.8) is 0 Å². The maximum absolute atomic E-state index is 12.7. The van der Waals surface area contributed by atoms with Gasteiger partial charge in [-0.3, -0.25) is 9.59 Å². The molecule has 0 bridgehead atoms. The van der Waals surface area contributed by atoms with Gasteiger partial charge in [-0.05, 0) is 56.6 Å². The Kier molecular flexibility index (Phi) is 5.13. The van der Waals surface area contributed by atoms with Gasteiger partial charge in [-0.2, -0.15) is 0 Å². The molecule has 4 N–H and O–H groups in total. The second-order valence-corrected chi connectivity index (χ2v) is 7.06. The summed E-state index contributed by atoms with van der Waals surface area (Å²) >= 11 is 0. The van der Waals surface area contributed by atoms with Crippen LogP contribution in [0.15, 0.2) is 12.1 Å². The Morgan fingerprint density at radius 2 is 1.96 bits per heavy atom. The zero-order chi connectivity index (χ0) is 19.8. The predicted molar refractivity (Wildman–Crippen MR) is 96.3 cm³/mol. The van der Waals surface area contributed by atoms with Crippen LogP contribution in [0.5, 0.6) is 11.5 Å². The number of rotatable bonds is 5. The lowest BCUT2D eigenvalue weighted by molar-refractivity contribution is -0.128. The Balaban J connectivity index is 1.66. The Hall–Kier alpha value is -2.57. The third-order valence-corrected chi connectivity index (χ3v) is 5.20. The van der Waals surface area contributed by atoms with Gasteiger partial charge >= 0.3 is 5.97 Å². The number of phenolic OH excluding ortho intramolecular Hbond substituents is 1. The first kappa shape index (κ1) is 19.2. The van der Waals surface area contributed by atoms with Crippen LogP contribution in [0.4, 0.5) is 5.69 Å². The Morgan fingerprint density at radius 3 is 2.67 bits per heavy atom. The summed E-state index contributed by atoms with van der Waals surface area (Å²) in [6.45, 7) is 1.83. The standard InChI is InChI=1S/C20H20NO6/c1-20(9-7-11-3-2-4-12(11)18(20)25)10-8-15(23)21-16-14(22)6-5-13(17(16)24)19(26)27/h2-6,22,24H,7-10H2,1H3,(H,21,23)(H,26,27)/t20-/m1/s1. The number of hydrogen-bond acceptors (Lipinski definition) is 5. The van der Waals surface area contributed by atoms with Crippen LogP contribution in [0.2, 0.25) is 0 Å². The molecule has 0 spiro atoms. The molecule has 7 heteroatoms. The molecule has 0 aliphatic heterocycles. The van der Waals surface area contributed by atoms with Crippen LogP contribution < -0.4 is 5.32 Å². The molecule has 1 aromatic carbocycles. The normalized spacial score (nSPS) is 23.2. The third-order valence-electron chi connectivity index (χ3n) is 5.20. The molecule has 0 heterocycles. The average molecular weight is 370 g/mol. The summed E-state index contributed by atoms with van der Waals surface area (Å²) in [6, 6.07) is 2.13. The molecule has 2 aliphatic carbocycles. The van der Waals surface area contributed by atoms with Gasteiger partial charge in [-0.1, -0.05) is 6.92 Å². The predicted octanol–water partition coefficient (Wildman–Crippen LogP) is 2.66. The van der Waals surface area contributed by atoms with E-state index in [9.17, 15) is 24.6 Å². The first-order valence-corrected chi connectivity index (χ1v) is 8.60. The zero-order valence-corrected chi connectivity index (χ0v) is 14.8. The van der Waals surface area contributed by atoms with Crippen molar-refractivity contribution in [3.05, 3.63) is 48.8 Å². The number of carboxylic acid groups (broad SMARTS) is 1. The highest BCUT2D eigenvalue weighted by Gasteiger charge is 2.48. The number of phenols is 2. The molecule has 1 aromatic rings. The van der Waals surface area contributed by atoms with Crippen molar-refractivity contribution in [1.82, 2.24) is 0 Å². The van der Waals surface area contributed by atoms with Crippen LogP contribution in [0, 0.1) is 36.5 Å². The van der Waals surface area contributed by atoms with Gasteiger partial charge < -0.3 is 20.6 Å². The summed E-state index contributed by atoms with van der Waals surface area (Å²) < 4.78 is 0. The number of anilines is 1. The van der Waals surface area contributed by atoms with E-state index < -0.39 is 34.4 Å². The summed E-state index contributed by atoms with van der Waals surface area (Å²) in [7, 11) is 0. The lowest BCUT2D eigenvalue weighted by atomic mass is 9.64. The van der Waals surface area contributed by atoms with Crippen LogP contribution >= 0.6 is 0 Å². The van der Waals surface area contributed by atoms with Crippen LogP contribution in [0.3, 0.4) is 0 Å². The highest BCUT2D eigenvalue weighted by molar-refractivity contribution is 6.04. The lowest BCUT2D eigenvalue weighted by Crippen LogP contribution is -2.39. The van der Waals surface area contributed by atoms with Gasteiger partial charge in [0.05, 0.1) is 5.92 Å². The van der Waals surface area contributed by atoms with E-state index in [0.29, 0.717) is 18.8 Å². The number of nitrogens with one attached hydrogen (secondary N) is 1. The maximum atomic E-state index is 12.7. The molecule has 7 nitrogen and oxygen atoms in total. The fourth-order valence-electron chi connectivity index (χ4n) is 3.45. The summed E-state index contributed by atoms with van der Waals surface area (Å²) in [5.74, 6) is -1.31. The van der Waals surface area contributed by atoms with Crippen molar-refractivity contribution < 1.29 is 29.7 Å². The molecule has 3 rings (SSSR count). The Morgan fingerprint density at radius 1 is 1.22 bits per heavy atom. The fraction of sp³-hybridized carbons (Fsp3) is 0.300. The van der Waals surface area contributed by atoms with E-state index in [1.165, 1.54) is 0 Å². The lowest BCUT2D eigenvalue weighted by Gasteiger charge is -2.37.